The lowest BCUT2D eigenvalue weighted by Gasteiger charge is -2.18. The Hall–Kier alpha value is -1.62. The van der Waals surface area contributed by atoms with Gasteiger partial charge in [0.05, 0.1) is 41.0 Å². The van der Waals surface area contributed by atoms with Crippen LogP contribution in [0.15, 0.2) is 23.8 Å². The first-order valence-corrected chi connectivity index (χ1v) is 7.38. The second-order valence-corrected chi connectivity index (χ2v) is 5.63. The van der Waals surface area contributed by atoms with Gasteiger partial charge in [0, 0.05) is 19.0 Å². The van der Waals surface area contributed by atoms with Crippen LogP contribution >= 0.6 is 11.3 Å². The van der Waals surface area contributed by atoms with Crippen molar-refractivity contribution in [1.29, 1.82) is 0 Å². The van der Waals surface area contributed by atoms with Gasteiger partial charge in [-0.2, -0.15) is 0 Å². The van der Waals surface area contributed by atoms with Crippen LogP contribution in [0.3, 0.4) is 0 Å². The van der Waals surface area contributed by atoms with Crippen molar-refractivity contribution in [2.75, 3.05) is 23.8 Å². The van der Waals surface area contributed by atoms with Gasteiger partial charge in [0.2, 0.25) is 0 Å². The summed E-state index contributed by atoms with van der Waals surface area (Å²) in [4.78, 5) is 10.9. The summed E-state index contributed by atoms with van der Waals surface area (Å²) in [5.41, 5.74) is 3.28. The Morgan fingerprint density at radius 3 is 2.89 bits per heavy atom. The highest BCUT2D eigenvalue weighted by atomic mass is 32.1. The summed E-state index contributed by atoms with van der Waals surface area (Å²) in [6.45, 7) is 5.97. The SMILES string of the molecule is CCCNc1cncc(N(C)Cc2csc(C)n2)c1. The molecular weight excluding hydrogens is 256 g/mol. The fraction of sp³-hybridized carbons (Fsp3) is 0.429. The molecule has 0 spiro atoms. The first kappa shape index (κ1) is 13.8. The lowest BCUT2D eigenvalue weighted by atomic mass is 10.3. The second kappa shape index (κ2) is 6.52. The number of thiazole rings is 1. The predicted molar refractivity (Wildman–Crippen MR) is 82.0 cm³/mol. The van der Waals surface area contributed by atoms with Gasteiger partial charge in [-0.25, -0.2) is 4.98 Å². The maximum absolute atomic E-state index is 4.49. The zero-order valence-electron chi connectivity index (χ0n) is 11.7. The smallest absolute Gasteiger partial charge is 0.0898 e. The van der Waals surface area contributed by atoms with Gasteiger partial charge in [-0.05, 0) is 19.4 Å². The maximum Gasteiger partial charge on any atom is 0.0898 e. The number of hydrogen-bond acceptors (Lipinski definition) is 5. The van der Waals surface area contributed by atoms with Gasteiger partial charge in [0.25, 0.3) is 0 Å². The first-order valence-electron chi connectivity index (χ1n) is 6.50. The molecule has 19 heavy (non-hydrogen) atoms. The number of pyridine rings is 1. The van der Waals surface area contributed by atoms with Crippen LogP contribution in [0, 0.1) is 6.92 Å². The molecule has 1 N–H and O–H groups in total. The Morgan fingerprint density at radius 1 is 1.37 bits per heavy atom. The lowest BCUT2D eigenvalue weighted by molar-refractivity contribution is 0.886. The fourth-order valence-corrected chi connectivity index (χ4v) is 2.42. The number of nitrogens with zero attached hydrogens (tertiary/aromatic N) is 3. The van der Waals surface area contributed by atoms with Crippen molar-refractivity contribution in [3.8, 4) is 0 Å². The molecule has 0 saturated carbocycles. The van der Waals surface area contributed by atoms with Gasteiger partial charge >= 0.3 is 0 Å². The molecule has 2 rings (SSSR count). The van der Waals surface area contributed by atoms with Crippen LogP contribution < -0.4 is 10.2 Å². The predicted octanol–water partition coefficient (Wildman–Crippen LogP) is 3.30. The van der Waals surface area contributed by atoms with E-state index in [0.29, 0.717) is 0 Å². The Labute approximate surface area is 118 Å². The zero-order valence-corrected chi connectivity index (χ0v) is 12.5. The summed E-state index contributed by atoms with van der Waals surface area (Å²) in [6.07, 6.45) is 4.86. The van der Waals surface area contributed by atoms with Crippen molar-refractivity contribution in [2.24, 2.45) is 0 Å². The van der Waals surface area contributed by atoms with E-state index < -0.39 is 0 Å². The molecular formula is C14H20N4S. The lowest BCUT2D eigenvalue weighted by Crippen LogP contribution is -2.17. The maximum atomic E-state index is 4.49. The van der Waals surface area contributed by atoms with Crippen molar-refractivity contribution in [1.82, 2.24) is 9.97 Å². The number of aromatic nitrogens is 2. The van der Waals surface area contributed by atoms with Crippen LogP contribution in [0.2, 0.25) is 0 Å². The zero-order chi connectivity index (χ0) is 13.7. The molecule has 0 amide bonds. The number of rotatable bonds is 6. The van der Waals surface area contributed by atoms with Crippen LogP contribution in [-0.4, -0.2) is 23.6 Å². The largest absolute Gasteiger partial charge is 0.384 e. The van der Waals surface area contributed by atoms with Crippen LogP contribution in [0.5, 0.6) is 0 Å². The molecule has 0 aliphatic heterocycles. The van der Waals surface area contributed by atoms with Gasteiger partial charge in [0.15, 0.2) is 0 Å². The third-order valence-electron chi connectivity index (χ3n) is 2.81. The van der Waals surface area contributed by atoms with E-state index in [-0.39, 0.29) is 0 Å². The molecule has 0 atom stereocenters. The van der Waals surface area contributed by atoms with Gasteiger partial charge in [-0.15, -0.1) is 11.3 Å². The van der Waals surface area contributed by atoms with Gasteiger partial charge < -0.3 is 10.2 Å². The monoisotopic (exact) mass is 276 g/mol. The van der Waals surface area contributed by atoms with E-state index >= 15 is 0 Å². The standard InChI is InChI=1S/C14H20N4S/c1-4-5-16-12-6-14(8-15-7-12)18(3)9-13-10-19-11(2)17-13/h6-8,10,16H,4-5,9H2,1-3H3. The molecule has 0 bridgehead atoms. The minimum absolute atomic E-state index is 0.809. The summed E-state index contributed by atoms with van der Waals surface area (Å²) >= 11 is 1.69. The van der Waals surface area contributed by atoms with E-state index in [1.54, 1.807) is 11.3 Å². The molecule has 0 aromatic carbocycles. The minimum Gasteiger partial charge on any atom is -0.384 e. The minimum atomic E-state index is 0.809. The van der Waals surface area contributed by atoms with E-state index in [0.717, 1.165) is 41.6 Å². The Morgan fingerprint density at radius 2 is 2.21 bits per heavy atom. The van der Waals surface area contributed by atoms with E-state index in [1.807, 2.05) is 19.3 Å². The molecule has 0 aliphatic carbocycles. The van der Waals surface area contributed by atoms with Crippen LogP contribution in [0.25, 0.3) is 0 Å². The molecule has 2 heterocycles. The molecule has 102 valence electrons. The fourth-order valence-electron chi connectivity index (χ4n) is 1.82. The van der Waals surface area contributed by atoms with Crippen molar-refractivity contribution < 1.29 is 0 Å². The third kappa shape index (κ3) is 3.92. The quantitative estimate of drug-likeness (QED) is 0.879. The van der Waals surface area contributed by atoms with Crippen molar-refractivity contribution in [2.45, 2.75) is 26.8 Å². The van der Waals surface area contributed by atoms with Gasteiger partial charge in [-0.1, -0.05) is 6.92 Å². The number of hydrogen-bond donors (Lipinski definition) is 1. The molecule has 4 nitrogen and oxygen atoms in total. The Bertz CT molecular complexity index is 524. The Balaban J connectivity index is 2.03. The van der Waals surface area contributed by atoms with Gasteiger partial charge in [-0.3, -0.25) is 4.98 Å². The van der Waals surface area contributed by atoms with Crippen molar-refractivity contribution >= 4 is 22.7 Å². The van der Waals surface area contributed by atoms with Crippen LogP contribution in [0.4, 0.5) is 11.4 Å². The number of nitrogens with one attached hydrogen (secondary N) is 1. The van der Waals surface area contributed by atoms with Crippen molar-refractivity contribution in [3.63, 3.8) is 0 Å². The molecule has 2 aromatic heterocycles. The highest BCUT2D eigenvalue weighted by molar-refractivity contribution is 7.09. The average Bonchev–Trinajstić information content (AvgIpc) is 2.82. The molecule has 0 saturated heterocycles. The highest BCUT2D eigenvalue weighted by Gasteiger charge is 2.06. The van der Waals surface area contributed by atoms with E-state index in [1.165, 1.54) is 0 Å². The topological polar surface area (TPSA) is 41.1 Å². The molecule has 0 radical (unpaired) electrons. The van der Waals surface area contributed by atoms with E-state index in [2.05, 4.69) is 45.6 Å². The van der Waals surface area contributed by atoms with E-state index in [4.69, 9.17) is 0 Å². The molecule has 0 fully saturated rings. The summed E-state index contributed by atoms with van der Waals surface area (Å²) in [5, 5.41) is 6.58. The molecule has 0 aliphatic rings. The summed E-state index contributed by atoms with van der Waals surface area (Å²) in [5.74, 6) is 0. The normalized spacial score (nSPS) is 10.5. The Kier molecular flexibility index (Phi) is 4.74. The highest BCUT2D eigenvalue weighted by Crippen LogP contribution is 2.19. The number of aryl methyl sites for hydroxylation is 1. The van der Waals surface area contributed by atoms with E-state index in [9.17, 15) is 0 Å². The van der Waals surface area contributed by atoms with Crippen molar-refractivity contribution in [3.05, 3.63) is 34.5 Å². The third-order valence-corrected chi connectivity index (χ3v) is 3.63. The summed E-state index contributed by atoms with van der Waals surface area (Å²) < 4.78 is 0. The summed E-state index contributed by atoms with van der Waals surface area (Å²) in [6, 6.07) is 2.13. The second-order valence-electron chi connectivity index (χ2n) is 4.57. The number of anilines is 2. The molecule has 5 heteroatoms. The van der Waals surface area contributed by atoms with Crippen LogP contribution in [-0.2, 0) is 6.54 Å². The first-order chi connectivity index (χ1) is 9.19. The van der Waals surface area contributed by atoms with Crippen LogP contribution in [0.1, 0.15) is 24.0 Å². The molecule has 2 aromatic rings. The molecule has 0 unspecified atom stereocenters. The average molecular weight is 276 g/mol. The summed E-state index contributed by atoms with van der Waals surface area (Å²) in [7, 11) is 2.06. The van der Waals surface area contributed by atoms with Gasteiger partial charge in [0.1, 0.15) is 0 Å².